The molecule has 2 aromatic carbocycles. The van der Waals surface area contributed by atoms with E-state index >= 15 is 0 Å². The number of benzene rings is 2. The van der Waals surface area contributed by atoms with Crippen LogP contribution in [0, 0.1) is 10.1 Å². The zero-order valence-electron chi connectivity index (χ0n) is 14.9. The number of hydrogen-bond donors (Lipinski definition) is 1. The number of carbonyl (C=O) groups excluding carboxylic acids is 1. The highest BCUT2D eigenvalue weighted by molar-refractivity contribution is 6.35. The fraction of sp³-hybridized carbons (Fsp3) is 0.278. The number of nitrogens with zero attached hydrogens (tertiary/aromatic N) is 1. The first kappa shape index (κ1) is 20.8. The summed E-state index contributed by atoms with van der Waals surface area (Å²) in [6, 6.07) is 8.71. The van der Waals surface area contributed by atoms with Gasteiger partial charge < -0.3 is 14.8 Å². The lowest BCUT2D eigenvalue weighted by atomic mass is 10.1. The molecule has 0 heterocycles. The van der Waals surface area contributed by atoms with Crippen LogP contribution in [0.2, 0.25) is 10.0 Å². The Hall–Kier alpha value is -2.51. The predicted octanol–water partition coefficient (Wildman–Crippen LogP) is 4.55. The van der Waals surface area contributed by atoms with Crippen molar-refractivity contribution in [1.82, 2.24) is 5.32 Å². The van der Waals surface area contributed by atoms with Crippen LogP contribution in [-0.2, 0) is 4.79 Å². The predicted molar refractivity (Wildman–Crippen MR) is 103 cm³/mol. The summed E-state index contributed by atoms with van der Waals surface area (Å²) in [5, 5.41) is 14.9. The Morgan fingerprint density at radius 1 is 1.19 bits per heavy atom. The second-order valence-corrected chi connectivity index (χ2v) is 6.59. The Morgan fingerprint density at radius 3 is 2.48 bits per heavy atom. The molecule has 9 heteroatoms. The summed E-state index contributed by atoms with van der Waals surface area (Å²) in [7, 11) is 1.40. The third kappa shape index (κ3) is 5.24. The molecule has 2 atom stereocenters. The molecule has 1 amide bonds. The Kier molecular flexibility index (Phi) is 6.87. The number of hydrogen-bond acceptors (Lipinski definition) is 5. The van der Waals surface area contributed by atoms with Gasteiger partial charge in [-0.3, -0.25) is 14.9 Å². The lowest BCUT2D eigenvalue weighted by Gasteiger charge is -2.20. The SMILES string of the molecule is COc1ccc(O[C@H](C)C(=O)N[C@@H](C)c2ccc(Cl)cc2Cl)c([N+](=O)[O-])c1. The van der Waals surface area contributed by atoms with Gasteiger partial charge in [0, 0.05) is 10.0 Å². The third-order valence-electron chi connectivity index (χ3n) is 3.82. The van der Waals surface area contributed by atoms with Gasteiger partial charge in [0.1, 0.15) is 5.75 Å². The van der Waals surface area contributed by atoms with Gasteiger partial charge in [-0.15, -0.1) is 0 Å². The topological polar surface area (TPSA) is 90.7 Å². The van der Waals surface area contributed by atoms with Crippen LogP contribution >= 0.6 is 23.2 Å². The fourth-order valence-electron chi connectivity index (χ4n) is 2.37. The van der Waals surface area contributed by atoms with Crippen molar-refractivity contribution in [3.63, 3.8) is 0 Å². The molecule has 0 bridgehead atoms. The van der Waals surface area contributed by atoms with E-state index in [9.17, 15) is 14.9 Å². The van der Waals surface area contributed by atoms with E-state index in [-0.39, 0.29) is 11.4 Å². The molecule has 27 heavy (non-hydrogen) atoms. The molecule has 2 rings (SSSR count). The van der Waals surface area contributed by atoms with Gasteiger partial charge in [0.25, 0.3) is 5.91 Å². The molecule has 0 spiro atoms. The zero-order chi connectivity index (χ0) is 20.1. The van der Waals surface area contributed by atoms with Crippen LogP contribution in [0.15, 0.2) is 36.4 Å². The normalized spacial score (nSPS) is 12.8. The Labute approximate surface area is 166 Å². The van der Waals surface area contributed by atoms with Crippen LogP contribution in [0.25, 0.3) is 0 Å². The number of nitro benzene ring substituents is 1. The van der Waals surface area contributed by atoms with Crippen LogP contribution < -0.4 is 14.8 Å². The first-order valence-electron chi connectivity index (χ1n) is 7.97. The Morgan fingerprint density at radius 2 is 1.89 bits per heavy atom. The molecule has 0 saturated carbocycles. The molecule has 0 aromatic heterocycles. The summed E-state index contributed by atoms with van der Waals surface area (Å²) in [5.41, 5.74) is 0.403. The third-order valence-corrected chi connectivity index (χ3v) is 4.39. The van der Waals surface area contributed by atoms with Crippen molar-refractivity contribution in [2.75, 3.05) is 7.11 Å². The number of halogens is 2. The van der Waals surface area contributed by atoms with Gasteiger partial charge in [0.2, 0.25) is 0 Å². The van der Waals surface area contributed by atoms with Gasteiger partial charge in [-0.25, -0.2) is 0 Å². The molecule has 144 valence electrons. The van der Waals surface area contributed by atoms with Crippen molar-refractivity contribution >= 4 is 34.8 Å². The zero-order valence-corrected chi connectivity index (χ0v) is 16.4. The van der Waals surface area contributed by atoms with Crippen molar-refractivity contribution in [1.29, 1.82) is 0 Å². The molecular weight excluding hydrogens is 395 g/mol. The summed E-state index contributed by atoms with van der Waals surface area (Å²) in [6.45, 7) is 3.26. The van der Waals surface area contributed by atoms with Crippen molar-refractivity contribution in [3.05, 3.63) is 62.1 Å². The van der Waals surface area contributed by atoms with Gasteiger partial charge in [-0.2, -0.15) is 0 Å². The highest BCUT2D eigenvalue weighted by Gasteiger charge is 2.23. The molecule has 0 fully saturated rings. The lowest BCUT2D eigenvalue weighted by molar-refractivity contribution is -0.386. The Bertz CT molecular complexity index is 860. The molecular formula is C18H18Cl2N2O5. The van der Waals surface area contributed by atoms with Crippen molar-refractivity contribution < 1.29 is 19.2 Å². The Balaban J connectivity index is 2.10. The number of carbonyl (C=O) groups is 1. The highest BCUT2D eigenvalue weighted by Crippen LogP contribution is 2.32. The summed E-state index contributed by atoms with van der Waals surface area (Å²) in [6.07, 6.45) is -0.967. The molecule has 0 radical (unpaired) electrons. The molecule has 1 N–H and O–H groups in total. The summed E-state index contributed by atoms with van der Waals surface area (Å²) in [4.78, 5) is 23.0. The fourth-order valence-corrected chi connectivity index (χ4v) is 2.94. The molecule has 0 saturated heterocycles. The van der Waals surface area contributed by atoms with E-state index in [0.29, 0.717) is 21.4 Å². The van der Waals surface area contributed by atoms with Crippen LogP contribution in [0.4, 0.5) is 5.69 Å². The second kappa shape index (κ2) is 8.92. The second-order valence-electron chi connectivity index (χ2n) is 5.75. The van der Waals surface area contributed by atoms with Gasteiger partial charge in [-0.1, -0.05) is 29.3 Å². The van der Waals surface area contributed by atoms with E-state index in [1.807, 2.05) is 0 Å². The summed E-state index contributed by atoms with van der Waals surface area (Å²) < 4.78 is 10.5. The lowest BCUT2D eigenvalue weighted by Crippen LogP contribution is -2.37. The standard InChI is InChI=1S/C18H18Cl2N2O5/c1-10(14-6-4-12(19)8-15(14)20)21-18(23)11(2)27-17-7-5-13(26-3)9-16(17)22(24)25/h4-11H,1-3H3,(H,21,23)/t10-,11+/m0/s1. The maximum Gasteiger partial charge on any atom is 0.314 e. The number of methoxy groups -OCH3 is 1. The van der Waals surface area contributed by atoms with E-state index in [1.165, 1.54) is 32.2 Å². The van der Waals surface area contributed by atoms with Gasteiger partial charge >= 0.3 is 5.69 Å². The van der Waals surface area contributed by atoms with Crippen molar-refractivity contribution in [3.8, 4) is 11.5 Å². The van der Waals surface area contributed by atoms with Crippen LogP contribution in [-0.4, -0.2) is 24.0 Å². The van der Waals surface area contributed by atoms with Gasteiger partial charge in [0.05, 0.1) is 24.1 Å². The van der Waals surface area contributed by atoms with E-state index in [2.05, 4.69) is 5.32 Å². The molecule has 2 aromatic rings. The minimum Gasteiger partial charge on any atom is -0.496 e. The first-order chi connectivity index (χ1) is 12.7. The highest BCUT2D eigenvalue weighted by atomic mass is 35.5. The number of nitro groups is 1. The molecule has 7 nitrogen and oxygen atoms in total. The van der Waals surface area contributed by atoms with Crippen molar-refractivity contribution in [2.45, 2.75) is 26.0 Å². The number of nitrogens with one attached hydrogen (secondary N) is 1. The maximum absolute atomic E-state index is 12.4. The number of ether oxygens (including phenoxy) is 2. The summed E-state index contributed by atoms with van der Waals surface area (Å²) in [5.74, 6) is -0.156. The largest absolute Gasteiger partial charge is 0.496 e. The molecule has 0 aliphatic carbocycles. The average molecular weight is 413 g/mol. The van der Waals surface area contributed by atoms with E-state index < -0.39 is 23.0 Å². The monoisotopic (exact) mass is 412 g/mol. The average Bonchev–Trinajstić information content (AvgIpc) is 2.61. The quantitative estimate of drug-likeness (QED) is 0.531. The smallest absolute Gasteiger partial charge is 0.314 e. The minimum atomic E-state index is -0.967. The molecule has 0 aliphatic rings. The van der Waals surface area contributed by atoms with Gasteiger partial charge in [0.15, 0.2) is 11.9 Å². The van der Waals surface area contributed by atoms with Crippen LogP contribution in [0.3, 0.4) is 0 Å². The maximum atomic E-state index is 12.4. The van der Waals surface area contributed by atoms with E-state index in [4.69, 9.17) is 32.7 Å². The molecule has 0 unspecified atom stereocenters. The van der Waals surface area contributed by atoms with Crippen LogP contribution in [0.1, 0.15) is 25.5 Å². The van der Waals surface area contributed by atoms with E-state index in [0.717, 1.165) is 0 Å². The van der Waals surface area contributed by atoms with Gasteiger partial charge in [-0.05, 0) is 43.7 Å². The summed E-state index contributed by atoms with van der Waals surface area (Å²) >= 11 is 12.0. The number of amides is 1. The number of rotatable bonds is 7. The minimum absolute atomic E-state index is 0.0272. The van der Waals surface area contributed by atoms with Crippen LogP contribution in [0.5, 0.6) is 11.5 Å². The first-order valence-corrected chi connectivity index (χ1v) is 8.73. The van der Waals surface area contributed by atoms with Crippen molar-refractivity contribution in [2.24, 2.45) is 0 Å². The molecule has 0 aliphatic heterocycles. The van der Waals surface area contributed by atoms with E-state index in [1.54, 1.807) is 25.1 Å².